The maximum atomic E-state index is 3.70. The van der Waals surface area contributed by atoms with E-state index in [4.69, 9.17) is 0 Å². The van der Waals surface area contributed by atoms with E-state index >= 15 is 0 Å². The molecule has 0 bridgehead atoms. The van der Waals surface area contributed by atoms with Crippen LogP contribution in [0.2, 0.25) is 0 Å². The summed E-state index contributed by atoms with van der Waals surface area (Å²) in [5, 5.41) is 0. The van der Waals surface area contributed by atoms with E-state index in [-0.39, 0.29) is 0 Å². The Morgan fingerprint density at radius 2 is 1.57 bits per heavy atom. The smallest absolute Gasteiger partial charge is 0.139 e. The van der Waals surface area contributed by atoms with Crippen molar-refractivity contribution in [1.29, 1.82) is 0 Å². The standard InChI is InChI=1S/C21H24BrN/c1-3-23(4-2)17-11-10-14-19(18-12-6-5-7-13-18)20-15-8-9-16-21(20)22/h5-9,12-13,15-16,19H,3-4,14,17H2,1-2H3/p+1/t19-/m0/s1. The highest BCUT2D eigenvalue weighted by molar-refractivity contribution is 9.10. The van der Waals surface area contributed by atoms with Crippen molar-refractivity contribution in [2.24, 2.45) is 0 Å². The third kappa shape index (κ3) is 5.23. The van der Waals surface area contributed by atoms with E-state index in [1.807, 2.05) is 0 Å². The molecule has 0 aliphatic rings. The second kappa shape index (κ2) is 9.55. The Labute approximate surface area is 148 Å². The second-order valence-electron chi connectivity index (χ2n) is 5.68. The van der Waals surface area contributed by atoms with E-state index in [0.29, 0.717) is 5.92 Å². The number of hydrogen-bond donors (Lipinski definition) is 1. The van der Waals surface area contributed by atoms with Crippen LogP contribution in [0, 0.1) is 11.8 Å². The minimum Gasteiger partial charge on any atom is -0.325 e. The number of hydrogen-bond acceptors (Lipinski definition) is 0. The SMILES string of the molecule is CC[NH+](CC)CC#CC[C@@H](c1ccccc1)c1ccccc1Br. The van der Waals surface area contributed by atoms with Crippen molar-refractivity contribution in [3.8, 4) is 11.8 Å². The lowest BCUT2D eigenvalue weighted by Crippen LogP contribution is -3.11. The molecule has 0 aliphatic carbocycles. The molecular formula is C21H25BrN+. The van der Waals surface area contributed by atoms with Gasteiger partial charge in [-0.2, -0.15) is 0 Å². The summed E-state index contributed by atoms with van der Waals surface area (Å²) in [5.41, 5.74) is 2.63. The average molecular weight is 371 g/mol. The van der Waals surface area contributed by atoms with Gasteiger partial charge in [0.15, 0.2) is 0 Å². The summed E-state index contributed by atoms with van der Waals surface area (Å²) >= 11 is 3.70. The minimum atomic E-state index is 0.311. The molecule has 1 N–H and O–H groups in total. The summed E-state index contributed by atoms with van der Waals surface area (Å²) < 4.78 is 1.16. The van der Waals surface area contributed by atoms with Gasteiger partial charge < -0.3 is 4.90 Å². The first kappa shape index (κ1) is 17.8. The zero-order chi connectivity index (χ0) is 16.5. The van der Waals surface area contributed by atoms with E-state index in [9.17, 15) is 0 Å². The lowest BCUT2D eigenvalue weighted by molar-refractivity contribution is -0.889. The summed E-state index contributed by atoms with van der Waals surface area (Å²) in [6, 6.07) is 19.1. The van der Waals surface area contributed by atoms with Crippen LogP contribution < -0.4 is 4.90 Å². The molecule has 2 aromatic rings. The fourth-order valence-electron chi connectivity index (χ4n) is 2.71. The van der Waals surface area contributed by atoms with Gasteiger partial charge in [0, 0.05) is 16.8 Å². The summed E-state index contributed by atoms with van der Waals surface area (Å²) in [6.45, 7) is 7.64. The van der Waals surface area contributed by atoms with Gasteiger partial charge in [-0.25, -0.2) is 0 Å². The largest absolute Gasteiger partial charge is 0.325 e. The summed E-state index contributed by atoms with van der Waals surface area (Å²) in [5.74, 6) is 7.10. The van der Waals surface area contributed by atoms with Crippen LogP contribution in [0.25, 0.3) is 0 Å². The number of benzene rings is 2. The number of rotatable bonds is 6. The Kier molecular flexibility index (Phi) is 7.39. The third-order valence-corrected chi connectivity index (χ3v) is 4.97. The highest BCUT2D eigenvalue weighted by Gasteiger charge is 2.15. The van der Waals surface area contributed by atoms with Gasteiger partial charge >= 0.3 is 0 Å². The van der Waals surface area contributed by atoms with E-state index < -0.39 is 0 Å². The predicted molar refractivity (Wildman–Crippen MR) is 102 cm³/mol. The van der Waals surface area contributed by atoms with Crippen molar-refractivity contribution in [3.63, 3.8) is 0 Å². The lowest BCUT2D eigenvalue weighted by Gasteiger charge is -2.17. The van der Waals surface area contributed by atoms with Crippen LogP contribution in [0.3, 0.4) is 0 Å². The summed E-state index contributed by atoms with van der Waals surface area (Å²) in [4.78, 5) is 1.54. The maximum absolute atomic E-state index is 3.70. The van der Waals surface area contributed by atoms with Crippen LogP contribution in [0.4, 0.5) is 0 Å². The molecule has 0 saturated heterocycles. The van der Waals surface area contributed by atoms with Gasteiger partial charge in [0.2, 0.25) is 0 Å². The number of nitrogens with one attached hydrogen (secondary N) is 1. The van der Waals surface area contributed by atoms with Crippen LogP contribution in [0.15, 0.2) is 59.1 Å². The third-order valence-electron chi connectivity index (χ3n) is 4.25. The van der Waals surface area contributed by atoms with E-state index in [0.717, 1.165) is 30.5 Å². The average Bonchev–Trinajstić information content (AvgIpc) is 2.60. The van der Waals surface area contributed by atoms with E-state index in [2.05, 4.69) is 96.2 Å². The molecule has 0 fully saturated rings. The first-order valence-electron chi connectivity index (χ1n) is 8.34. The fourth-order valence-corrected chi connectivity index (χ4v) is 3.27. The van der Waals surface area contributed by atoms with E-state index in [1.54, 1.807) is 0 Å². The zero-order valence-electron chi connectivity index (χ0n) is 14.0. The Morgan fingerprint density at radius 1 is 0.913 bits per heavy atom. The molecule has 0 spiro atoms. The molecule has 0 aromatic heterocycles. The molecule has 23 heavy (non-hydrogen) atoms. The monoisotopic (exact) mass is 370 g/mol. The Balaban J connectivity index is 2.19. The van der Waals surface area contributed by atoms with Crippen LogP contribution in [-0.2, 0) is 0 Å². The summed E-state index contributed by atoms with van der Waals surface area (Å²) in [7, 11) is 0. The predicted octanol–water partition coefficient (Wildman–Crippen LogP) is 3.90. The molecule has 1 atom stereocenters. The van der Waals surface area contributed by atoms with Gasteiger partial charge in [-0.15, -0.1) is 0 Å². The molecule has 2 aromatic carbocycles. The first-order chi connectivity index (χ1) is 11.3. The maximum Gasteiger partial charge on any atom is 0.139 e. The van der Waals surface area contributed by atoms with Crippen molar-refractivity contribution >= 4 is 15.9 Å². The molecule has 0 aliphatic heterocycles. The Bertz CT molecular complexity index is 650. The molecule has 0 amide bonds. The molecule has 0 radical (unpaired) electrons. The molecule has 2 heteroatoms. The van der Waals surface area contributed by atoms with Gasteiger partial charge in [-0.1, -0.05) is 70.4 Å². The Morgan fingerprint density at radius 3 is 2.22 bits per heavy atom. The zero-order valence-corrected chi connectivity index (χ0v) is 15.6. The minimum absolute atomic E-state index is 0.311. The normalized spacial score (nSPS) is 11.8. The van der Waals surface area contributed by atoms with E-state index in [1.165, 1.54) is 16.0 Å². The van der Waals surface area contributed by atoms with Crippen LogP contribution in [0.1, 0.15) is 37.3 Å². The molecule has 120 valence electrons. The van der Waals surface area contributed by atoms with Crippen molar-refractivity contribution in [3.05, 3.63) is 70.2 Å². The lowest BCUT2D eigenvalue weighted by atomic mass is 9.89. The van der Waals surface area contributed by atoms with Gasteiger partial charge in [0.25, 0.3) is 0 Å². The van der Waals surface area contributed by atoms with Crippen LogP contribution in [0.5, 0.6) is 0 Å². The quantitative estimate of drug-likeness (QED) is 0.735. The molecule has 0 saturated carbocycles. The van der Waals surface area contributed by atoms with Gasteiger partial charge in [0.1, 0.15) is 6.54 Å². The second-order valence-corrected chi connectivity index (χ2v) is 6.53. The number of quaternary nitrogens is 1. The van der Waals surface area contributed by atoms with Gasteiger partial charge in [-0.3, -0.25) is 0 Å². The van der Waals surface area contributed by atoms with Crippen molar-refractivity contribution < 1.29 is 4.90 Å². The van der Waals surface area contributed by atoms with Gasteiger partial charge in [0.05, 0.1) is 13.1 Å². The van der Waals surface area contributed by atoms with Gasteiger partial charge in [-0.05, 0) is 37.0 Å². The molecule has 0 unspecified atom stereocenters. The topological polar surface area (TPSA) is 4.44 Å². The highest BCUT2D eigenvalue weighted by atomic mass is 79.9. The van der Waals surface area contributed by atoms with Crippen molar-refractivity contribution in [2.75, 3.05) is 19.6 Å². The molecular weight excluding hydrogens is 346 g/mol. The van der Waals surface area contributed by atoms with Crippen LogP contribution in [-0.4, -0.2) is 19.6 Å². The van der Waals surface area contributed by atoms with Crippen LogP contribution >= 0.6 is 15.9 Å². The summed E-state index contributed by atoms with van der Waals surface area (Å²) in [6.07, 6.45) is 0.854. The Hall–Kier alpha value is -1.56. The fraction of sp³-hybridized carbons (Fsp3) is 0.333. The van der Waals surface area contributed by atoms with Crippen molar-refractivity contribution in [1.82, 2.24) is 0 Å². The number of halogens is 1. The molecule has 0 heterocycles. The first-order valence-corrected chi connectivity index (χ1v) is 9.14. The highest BCUT2D eigenvalue weighted by Crippen LogP contribution is 2.32. The molecule has 1 nitrogen and oxygen atoms in total. The molecule has 2 rings (SSSR count). The van der Waals surface area contributed by atoms with Crippen molar-refractivity contribution in [2.45, 2.75) is 26.2 Å².